The van der Waals surface area contributed by atoms with Gasteiger partial charge >= 0.3 is 0 Å². The van der Waals surface area contributed by atoms with Crippen molar-refractivity contribution in [2.45, 2.75) is 24.9 Å². The second-order valence-electron chi connectivity index (χ2n) is 2.50. The highest BCUT2D eigenvalue weighted by molar-refractivity contribution is 4.88. The highest BCUT2D eigenvalue weighted by atomic mass is 16.6. The molecule has 3 N–H and O–H groups in total. The Morgan fingerprint density at radius 1 is 1.56 bits per heavy atom. The van der Waals surface area contributed by atoms with Gasteiger partial charge in [-0.15, -0.1) is 0 Å². The normalized spacial score (nSPS) is 52.0. The van der Waals surface area contributed by atoms with Crippen molar-refractivity contribution < 1.29 is 20.1 Å². The molecule has 0 radical (unpaired) electrons. The van der Waals surface area contributed by atoms with Crippen LogP contribution in [0.4, 0.5) is 0 Å². The fraction of sp³-hybridized carbons (Fsp3) is 1.00. The number of hydrogen-bond acceptors (Lipinski definition) is 4. The quantitative estimate of drug-likeness (QED) is 0.375. The molecule has 0 bridgehead atoms. The SMILES string of the molecule is C[C@]1(O)COC(O)[C@H]1O. The monoisotopic (exact) mass is 134 g/mol. The van der Waals surface area contributed by atoms with Gasteiger partial charge < -0.3 is 20.1 Å². The van der Waals surface area contributed by atoms with E-state index in [2.05, 4.69) is 4.74 Å². The first-order chi connectivity index (χ1) is 4.04. The van der Waals surface area contributed by atoms with E-state index in [1.807, 2.05) is 0 Å². The van der Waals surface area contributed by atoms with Gasteiger partial charge in [-0.25, -0.2) is 0 Å². The number of ether oxygens (including phenoxy) is 1. The summed E-state index contributed by atoms with van der Waals surface area (Å²) in [5.41, 5.74) is -1.29. The van der Waals surface area contributed by atoms with Crippen LogP contribution in [0.2, 0.25) is 0 Å². The maximum Gasteiger partial charge on any atom is 0.183 e. The summed E-state index contributed by atoms with van der Waals surface area (Å²) in [7, 11) is 0. The van der Waals surface area contributed by atoms with Crippen molar-refractivity contribution in [3.05, 3.63) is 0 Å². The van der Waals surface area contributed by atoms with E-state index in [4.69, 9.17) is 15.3 Å². The third-order valence-electron chi connectivity index (χ3n) is 1.45. The maximum atomic E-state index is 9.10. The molecule has 1 fully saturated rings. The third kappa shape index (κ3) is 1.07. The van der Waals surface area contributed by atoms with Crippen LogP contribution in [0.25, 0.3) is 0 Å². The third-order valence-corrected chi connectivity index (χ3v) is 1.45. The zero-order valence-electron chi connectivity index (χ0n) is 5.11. The van der Waals surface area contributed by atoms with E-state index in [-0.39, 0.29) is 6.61 Å². The average molecular weight is 134 g/mol. The van der Waals surface area contributed by atoms with Crippen molar-refractivity contribution in [1.82, 2.24) is 0 Å². The van der Waals surface area contributed by atoms with Crippen LogP contribution in [0.5, 0.6) is 0 Å². The molecule has 1 aliphatic heterocycles. The van der Waals surface area contributed by atoms with E-state index in [0.29, 0.717) is 0 Å². The molecule has 0 aromatic heterocycles. The molecule has 0 spiro atoms. The number of hydrogen-bond donors (Lipinski definition) is 3. The lowest BCUT2D eigenvalue weighted by atomic mass is 10.0. The average Bonchev–Trinajstić information content (AvgIpc) is 1.97. The van der Waals surface area contributed by atoms with Crippen molar-refractivity contribution in [2.75, 3.05) is 6.61 Å². The fourth-order valence-corrected chi connectivity index (χ4v) is 0.738. The first-order valence-corrected chi connectivity index (χ1v) is 2.74. The first kappa shape index (κ1) is 6.95. The molecule has 0 amide bonds. The molecule has 9 heavy (non-hydrogen) atoms. The maximum absolute atomic E-state index is 9.10. The van der Waals surface area contributed by atoms with Crippen molar-refractivity contribution in [1.29, 1.82) is 0 Å². The van der Waals surface area contributed by atoms with Gasteiger partial charge in [0.2, 0.25) is 0 Å². The van der Waals surface area contributed by atoms with Crippen LogP contribution >= 0.6 is 0 Å². The molecule has 0 aromatic rings. The molecule has 0 saturated carbocycles. The van der Waals surface area contributed by atoms with E-state index in [0.717, 1.165) is 0 Å². The number of aliphatic hydroxyl groups is 3. The minimum Gasteiger partial charge on any atom is -0.385 e. The molecule has 54 valence electrons. The molecular formula is C5H10O4. The Kier molecular flexibility index (Phi) is 1.48. The molecular weight excluding hydrogens is 124 g/mol. The van der Waals surface area contributed by atoms with Gasteiger partial charge in [0.25, 0.3) is 0 Å². The summed E-state index contributed by atoms with van der Waals surface area (Å²) in [6, 6.07) is 0. The Labute approximate surface area is 52.7 Å². The number of aliphatic hydroxyl groups excluding tert-OH is 2. The summed E-state index contributed by atoms with van der Waals surface area (Å²) in [5.74, 6) is 0. The van der Waals surface area contributed by atoms with Crippen LogP contribution in [0.15, 0.2) is 0 Å². The van der Waals surface area contributed by atoms with Crippen LogP contribution in [0, 0.1) is 0 Å². The van der Waals surface area contributed by atoms with E-state index in [9.17, 15) is 0 Å². The van der Waals surface area contributed by atoms with E-state index < -0.39 is 18.0 Å². The smallest absolute Gasteiger partial charge is 0.183 e. The molecule has 1 aliphatic rings. The zero-order valence-corrected chi connectivity index (χ0v) is 5.11. The Bertz CT molecular complexity index is 112. The lowest BCUT2D eigenvalue weighted by molar-refractivity contribution is -0.119. The van der Waals surface area contributed by atoms with E-state index >= 15 is 0 Å². The summed E-state index contributed by atoms with van der Waals surface area (Å²) in [6.45, 7) is 1.39. The van der Waals surface area contributed by atoms with Gasteiger partial charge in [0.15, 0.2) is 6.29 Å². The van der Waals surface area contributed by atoms with Gasteiger partial charge in [0.05, 0.1) is 6.61 Å². The molecule has 0 aromatic carbocycles. The van der Waals surface area contributed by atoms with Crippen LogP contribution in [-0.4, -0.2) is 39.9 Å². The molecule has 0 aliphatic carbocycles. The lowest BCUT2D eigenvalue weighted by Gasteiger charge is -2.18. The van der Waals surface area contributed by atoms with Crippen LogP contribution in [-0.2, 0) is 4.74 Å². The highest BCUT2D eigenvalue weighted by Crippen LogP contribution is 2.21. The second kappa shape index (κ2) is 1.91. The highest BCUT2D eigenvalue weighted by Gasteiger charge is 2.43. The van der Waals surface area contributed by atoms with Gasteiger partial charge in [-0.1, -0.05) is 0 Å². The van der Waals surface area contributed by atoms with Crippen molar-refractivity contribution in [3.8, 4) is 0 Å². The zero-order chi connectivity index (χ0) is 7.07. The van der Waals surface area contributed by atoms with Crippen molar-refractivity contribution >= 4 is 0 Å². The van der Waals surface area contributed by atoms with Crippen molar-refractivity contribution in [3.63, 3.8) is 0 Å². The van der Waals surface area contributed by atoms with E-state index in [1.165, 1.54) is 6.92 Å². The largest absolute Gasteiger partial charge is 0.385 e. The Balaban J connectivity index is 2.62. The van der Waals surface area contributed by atoms with Crippen LogP contribution < -0.4 is 0 Å². The predicted octanol–water partition coefficient (Wildman–Crippen LogP) is -1.55. The Morgan fingerprint density at radius 2 is 2.11 bits per heavy atom. The Morgan fingerprint density at radius 3 is 2.22 bits per heavy atom. The molecule has 1 saturated heterocycles. The van der Waals surface area contributed by atoms with Gasteiger partial charge in [-0.2, -0.15) is 0 Å². The molecule has 3 atom stereocenters. The van der Waals surface area contributed by atoms with E-state index in [1.54, 1.807) is 0 Å². The van der Waals surface area contributed by atoms with Gasteiger partial charge in [-0.3, -0.25) is 0 Å². The molecule has 1 unspecified atom stereocenters. The first-order valence-electron chi connectivity index (χ1n) is 2.74. The van der Waals surface area contributed by atoms with Gasteiger partial charge in [0, 0.05) is 0 Å². The minimum atomic E-state index is -1.29. The second-order valence-corrected chi connectivity index (χ2v) is 2.50. The molecule has 4 heteroatoms. The van der Waals surface area contributed by atoms with Gasteiger partial charge in [-0.05, 0) is 6.92 Å². The Hall–Kier alpha value is -0.160. The summed E-state index contributed by atoms with van der Waals surface area (Å²) >= 11 is 0. The molecule has 4 nitrogen and oxygen atoms in total. The minimum absolute atomic E-state index is 0.0185. The standard InChI is InChI=1S/C5H10O4/c1-5(8)2-9-4(7)3(5)6/h3-4,6-8H,2H2,1H3/t3-,4?,5+/m1/s1. The van der Waals surface area contributed by atoms with Crippen molar-refractivity contribution in [2.24, 2.45) is 0 Å². The summed E-state index contributed by atoms with van der Waals surface area (Å²) in [5, 5.41) is 26.7. The number of rotatable bonds is 0. The van der Waals surface area contributed by atoms with Crippen LogP contribution in [0.3, 0.4) is 0 Å². The predicted molar refractivity (Wildman–Crippen MR) is 28.6 cm³/mol. The van der Waals surface area contributed by atoms with Crippen LogP contribution in [0.1, 0.15) is 6.92 Å². The summed E-state index contributed by atoms with van der Waals surface area (Å²) in [6.07, 6.45) is -2.42. The van der Waals surface area contributed by atoms with Gasteiger partial charge in [0.1, 0.15) is 11.7 Å². The molecule has 1 rings (SSSR count). The summed E-state index contributed by atoms with van der Waals surface area (Å²) in [4.78, 5) is 0. The fourth-order valence-electron chi connectivity index (χ4n) is 0.738. The topological polar surface area (TPSA) is 69.9 Å². The summed E-state index contributed by atoms with van der Waals surface area (Å²) < 4.78 is 4.54. The molecule has 1 heterocycles. The lowest BCUT2D eigenvalue weighted by Crippen LogP contribution is -2.40.